The zero-order valence-corrected chi connectivity index (χ0v) is 15.4. The molecule has 2 unspecified atom stereocenters. The Morgan fingerprint density at radius 3 is 2.48 bits per heavy atom. The fourth-order valence-corrected chi connectivity index (χ4v) is 3.54. The predicted molar refractivity (Wildman–Crippen MR) is 94.5 cm³/mol. The van der Waals surface area contributed by atoms with Crippen molar-refractivity contribution in [2.45, 2.75) is 59.2 Å². The first-order valence-electron chi connectivity index (χ1n) is 8.12. The van der Waals surface area contributed by atoms with E-state index in [0.717, 1.165) is 24.1 Å². The minimum absolute atomic E-state index is 0.305. The van der Waals surface area contributed by atoms with Gasteiger partial charge in [-0.2, -0.15) is 0 Å². The number of benzene rings is 1. The number of nitrogens with one attached hydrogen (secondary N) is 1. The fourth-order valence-electron chi connectivity index (χ4n) is 3.28. The summed E-state index contributed by atoms with van der Waals surface area (Å²) in [5, 5.41) is 3.75. The van der Waals surface area contributed by atoms with Gasteiger partial charge in [0, 0.05) is 36.2 Å². The van der Waals surface area contributed by atoms with Crippen molar-refractivity contribution in [3.8, 4) is 0 Å². The first-order valence-corrected chi connectivity index (χ1v) is 8.91. The van der Waals surface area contributed by atoms with Crippen molar-refractivity contribution in [2.24, 2.45) is 5.41 Å². The highest BCUT2D eigenvalue weighted by atomic mass is 79.9. The largest absolute Gasteiger partial charge is 0.311 e. The van der Waals surface area contributed by atoms with Gasteiger partial charge in [0.1, 0.15) is 0 Å². The van der Waals surface area contributed by atoms with Crippen LogP contribution in [0, 0.1) is 5.41 Å². The molecule has 1 aromatic carbocycles. The van der Waals surface area contributed by atoms with Crippen LogP contribution in [0.25, 0.3) is 0 Å². The van der Waals surface area contributed by atoms with Crippen LogP contribution < -0.4 is 5.32 Å². The summed E-state index contributed by atoms with van der Waals surface area (Å²) in [6, 6.07) is 10.0. The summed E-state index contributed by atoms with van der Waals surface area (Å²) in [4.78, 5) is 2.68. The van der Waals surface area contributed by atoms with Gasteiger partial charge in [0.25, 0.3) is 0 Å². The first-order chi connectivity index (χ1) is 9.90. The summed E-state index contributed by atoms with van der Waals surface area (Å²) >= 11 is 3.52. The maximum Gasteiger partial charge on any atom is 0.0273 e. The van der Waals surface area contributed by atoms with E-state index in [4.69, 9.17) is 0 Å². The van der Waals surface area contributed by atoms with Gasteiger partial charge in [0.05, 0.1) is 0 Å². The molecular weight excluding hydrogens is 324 g/mol. The molecule has 1 heterocycles. The normalized spacial score (nSPS) is 24.2. The van der Waals surface area contributed by atoms with Gasteiger partial charge in [0.2, 0.25) is 0 Å². The fraction of sp³-hybridized carbons (Fsp3) is 0.667. The van der Waals surface area contributed by atoms with E-state index in [1.807, 2.05) is 0 Å². The lowest BCUT2D eigenvalue weighted by Gasteiger charge is -2.46. The van der Waals surface area contributed by atoms with Gasteiger partial charge in [-0.25, -0.2) is 0 Å². The Labute approximate surface area is 138 Å². The monoisotopic (exact) mass is 352 g/mol. The number of piperazine rings is 1. The Bertz CT molecular complexity index is 436. The van der Waals surface area contributed by atoms with Gasteiger partial charge in [-0.3, -0.25) is 4.90 Å². The van der Waals surface area contributed by atoms with Crippen molar-refractivity contribution in [2.75, 3.05) is 13.1 Å². The molecule has 2 atom stereocenters. The van der Waals surface area contributed by atoms with E-state index >= 15 is 0 Å². The molecule has 0 saturated carbocycles. The van der Waals surface area contributed by atoms with Crippen molar-refractivity contribution in [1.82, 2.24) is 10.2 Å². The van der Waals surface area contributed by atoms with E-state index < -0.39 is 0 Å². The van der Waals surface area contributed by atoms with Crippen LogP contribution in [0.4, 0.5) is 0 Å². The van der Waals surface area contributed by atoms with Crippen LogP contribution in [0.1, 0.15) is 46.1 Å². The highest BCUT2D eigenvalue weighted by Gasteiger charge is 2.35. The molecule has 1 aliphatic heterocycles. The number of hydrogen-bond acceptors (Lipinski definition) is 2. The first kappa shape index (κ1) is 17.0. The van der Waals surface area contributed by atoms with Crippen LogP contribution in [0.2, 0.25) is 0 Å². The SMILES string of the molecule is CCCC1CN(Cc2ccc(Br)cc2)C(C(C)(C)C)CN1. The average Bonchev–Trinajstić information content (AvgIpc) is 2.41. The Kier molecular flexibility index (Phi) is 5.87. The van der Waals surface area contributed by atoms with Crippen LogP contribution in [0.3, 0.4) is 0 Å². The number of hydrogen-bond donors (Lipinski definition) is 1. The third-order valence-electron chi connectivity index (χ3n) is 4.43. The lowest BCUT2D eigenvalue weighted by Crippen LogP contribution is -2.60. The van der Waals surface area contributed by atoms with Crippen molar-refractivity contribution in [3.63, 3.8) is 0 Å². The summed E-state index contributed by atoms with van der Waals surface area (Å²) < 4.78 is 1.16. The predicted octanol–water partition coefficient (Wildman–Crippen LogP) is 4.44. The molecule has 0 amide bonds. The van der Waals surface area contributed by atoms with Gasteiger partial charge in [-0.15, -0.1) is 0 Å². The second-order valence-electron chi connectivity index (χ2n) is 7.33. The molecule has 2 rings (SSSR count). The minimum atomic E-state index is 0.305. The van der Waals surface area contributed by atoms with Crippen LogP contribution in [-0.2, 0) is 6.54 Å². The molecule has 0 spiro atoms. The van der Waals surface area contributed by atoms with E-state index in [2.05, 4.69) is 78.1 Å². The molecule has 0 radical (unpaired) electrons. The van der Waals surface area contributed by atoms with E-state index in [1.165, 1.54) is 18.4 Å². The summed E-state index contributed by atoms with van der Waals surface area (Å²) in [6.07, 6.45) is 2.53. The number of rotatable bonds is 4. The molecule has 3 heteroatoms. The Morgan fingerprint density at radius 1 is 1.24 bits per heavy atom. The Morgan fingerprint density at radius 2 is 1.90 bits per heavy atom. The van der Waals surface area contributed by atoms with Gasteiger partial charge in [-0.1, -0.05) is 62.2 Å². The summed E-state index contributed by atoms with van der Waals surface area (Å²) in [6.45, 7) is 12.7. The highest BCUT2D eigenvalue weighted by Crippen LogP contribution is 2.28. The zero-order chi connectivity index (χ0) is 15.5. The maximum absolute atomic E-state index is 3.75. The van der Waals surface area contributed by atoms with E-state index in [0.29, 0.717) is 17.5 Å². The van der Waals surface area contributed by atoms with Gasteiger partial charge < -0.3 is 5.32 Å². The standard InChI is InChI=1S/C18H29BrN2/c1-5-6-16-13-21(17(11-20-16)18(2,3)4)12-14-7-9-15(19)10-8-14/h7-10,16-17,20H,5-6,11-13H2,1-4H3. The van der Waals surface area contributed by atoms with Crippen molar-refractivity contribution < 1.29 is 0 Å². The van der Waals surface area contributed by atoms with Crippen LogP contribution >= 0.6 is 15.9 Å². The second kappa shape index (κ2) is 7.26. The van der Waals surface area contributed by atoms with Crippen LogP contribution in [0.15, 0.2) is 28.7 Å². The molecule has 1 saturated heterocycles. The van der Waals surface area contributed by atoms with E-state index in [1.54, 1.807) is 0 Å². The molecule has 1 aliphatic rings. The van der Waals surface area contributed by atoms with Gasteiger partial charge >= 0.3 is 0 Å². The smallest absolute Gasteiger partial charge is 0.0273 e. The molecule has 1 aromatic rings. The van der Waals surface area contributed by atoms with Crippen LogP contribution in [-0.4, -0.2) is 30.1 Å². The highest BCUT2D eigenvalue weighted by molar-refractivity contribution is 9.10. The zero-order valence-electron chi connectivity index (χ0n) is 13.8. The molecule has 21 heavy (non-hydrogen) atoms. The third kappa shape index (κ3) is 4.80. The van der Waals surface area contributed by atoms with Crippen molar-refractivity contribution >= 4 is 15.9 Å². The molecule has 2 nitrogen and oxygen atoms in total. The second-order valence-corrected chi connectivity index (χ2v) is 8.25. The lowest BCUT2D eigenvalue weighted by molar-refractivity contribution is 0.0474. The van der Waals surface area contributed by atoms with Crippen molar-refractivity contribution in [3.05, 3.63) is 34.3 Å². The molecule has 0 aromatic heterocycles. The molecule has 1 N–H and O–H groups in total. The van der Waals surface area contributed by atoms with E-state index in [-0.39, 0.29) is 0 Å². The summed E-state index contributed by atoms with van der Waals surface area (Å²) in [7, 11) is 0. The van der Waals surface area contributed by atoms with Gasteiger partial charge in [-0.05, 0) is 29.5 Å². The quantitative estimate of drug-likeness (QED) is 0.861. The van der Waals surface area contributed by atoms with Gasteiger partial charge in [0.15, 0.2) is 0 Å². The Hall–Kier alpha value is -0.380. The summed E-state index contributed by atoms with van der Waals surface area (Å²) in [5.41, 5.74) is 1.71. The number of nitrogens with zero attached hydrogens (tertiary/aromatic N) is 1. The molecule has 118 valence electrons. The summed E-state index contributed by atoms with van der Waals surface area (Å²) in [5.74, 6) is 0. The molecule has 0 bridgehead atoms. The van der Waals surface area contributed by atoms with Crippen molar-refractivity contribution in [1.29, 1.82) is 0 Å². The number of halogens is 1. The molecule has 0 aliphatic carbocycles. The average molecular weight is 353 g/mol. The minimum Gasteiger partial charge on any atom is -0.311 e. The van der Waals surface area contributed by atoms with Crippen LogP contribution in [0.5, 0.6) is 0 Å². The Balaban J connectivity index is 2.10. The third-order valence-corrected chi connectivity index (χ3v) is 4.96. The molecule has 1 fully saturated rings. The maximum atomic E-state index is 3.75. The lowest BCUT2D eigenvalue weighted by atomic mass is 9.83. The topological polar surface area (TPSA) is 15.3 Å². The van der Waals surface area contributed by atoms with E-state index in [9.17, 15) is 0 Å². The molecular formula is C18H29BrN2.